The van der Waals surface area contributed by atoms with E-state index in [4.69, 9.17) is 21.9 Å². The predicted octanol–water partition coefficient (Wildman–Crippen LogP) is -0.206. The van der Waals surface area contributed by atoms with Gasteiger partial charge >= 0.3 is 0 Å². The highest BCUT2D eigenvalue weighted by Crippen LogP contribution is 2.33. The topological polar surface area (TPSA) is 147 Å². The van der Waals surface area contributed by atoms with Crippen LogP contribution >= 0.6 is 11.6 Å². The number of benzene rings is 1. The summed E-state index contributed by atoms with van der Waals surface area (Å²) in [6.07, 6.45) is 0. The van der Waals surface area contributed by atoms with Gasteiger partial charge in [0.05, 0.1) is 16.5 Å². The first-order chi connectivity index (χ1) is 8.54. The van der Waals surface area contributed by atoms with Crippen molar-refractivity contribution in [1.29, 1.82) is 0 Å². The Morgan fingerprint density at radius 2 is 1.84 bits per heavy atom. The number of hydrogen-bond donors (Lipinski definition) is 4. The van der Waals surface area contributed by atoms with Crippen LogP contribution in [-0.4, -0.2) is 38.8 Å². The molecule has 0 unspecified atom stereocenters. The summed E-state index contributed by atoms with van der Waals surface area (Å²) < 4.78 is 55.0. The summed E-state index contributed by atoms with van der Waals surface area (Å²) in [4.78, 5) is -0.551. The molecule has 0 aromatic heterocycles. The number of phenols is 1. The van der Waals surface area contributed by atoms with Crippen LogP contribution < -0.4 is 10.5 Å². The van der Waals surface area contributed by atoms with Gasteiger partial charge in [-0.25, -0.2) is 13.1 Å². The summed E-state index contributed by atoms with van der Waals surface area (Å²) >= 11 is 5.68. The van der Waals surface area contributed by atoms with E-state index >= 15 is 0 Å². The maximum Gasteiger partial charge on any atom is 0.266 e. The zero-order valence-electron chi connectivity index (χ0n) is 9.37. The Bertz CT molecular complexity index is 685. The van der Waals surface area contributed by atoms with Gasteiger partial charge in [-0.2, -0.15) is 8.42 Å². The first kappa shape index (κ1) is 16.0. The van der Waals surface area contributed by atoms with Crippen molar-refractivity contribution >= 4 is 37.4 Å². The number of nitrogen functional groups attached to an aromatic ring is 1. The van der Waals surface area contributed by atoms with Gasteiger partial charge in [-0.05, 0) is 12.1 Å². The van der Waals surface area contributed by atoms with Crippen molar-refractivity contribution in [3.63, 3.8) is 0 Å². The predicted molar refractivity (Wildman–Crippen MR) is 69.1 cm³/mol. The van der Waals surface area contributed by atoms with Gasteiger partial charge in [-0.3, -0.25) is 4.55 Å². The maximum atomic E-state index is 11.8. The average Bonchev–Trinajstić information content (AvgIpc) is 2.21. The molecule has 0 saturated heterocycles. The number of phenolic OH excluding ortho intramolecular Hbond substituents is 1. The van der Waals surface area contributed by atoms with Crippen LogP contribution in [0.3, 0.4) is 0 Å². The van der Waals surface area contributed by atoms with Crippen LogP contribution in [0.15, 0.2) is 17.0 Å². The Morgan fingerprint density at radius 3 is 2.37 bits per heavy atom. The van der Waals surface area contributed by atoms with Gasteiger partial charge in [-0.15, -0.1) is 0 Å². The fourth-order valence-electron chi connectivity index (χ4n) is 1.21. The number of nitrogens with one attached hydrogen (secondary N) is 1. The molecule has 108 valence electrons. The number of aromatic hydroxyl groups is 1. The van der Waals surface area contributed by atoms with Crippen LogP contribution in [-0.2, 0) is 20.1 Å². The maximum absolute atomic E-state index is 11.8. The molecule has 0 bridgehead atoms. The Kier molecular flexibility index (Phi) is 4.63. The third-order valence-electron chi connectivity index (χ3n) is 2.05. The highest BCUT2D eigenvalue weighted by atomic mass is 35.5. The van der Waals surface area contributed by atoms with Crippen molar-refractivity contribution in [1.82, 2.24) is 4.72 Å². The van der Waals surface area contributed by atoms with Gasteiger partial charge in [0.1, 0.15) is 10.6 Å². The fourth-order valence-corrected chi connectivity index (χ4v) is 3.41. The molecular formula is C8H11ClN2O6S2. The van der Waals surface area contributed by atoms with E-state index in [-0.39, 0.29) is 5.02 Å². The molecule has 0 heterocycles. The van der Waals surface area contributed by atoms with Gasteiger partial charge in [0, 0.05) is 6.54 Å². The smallest absolute Gasteiger partial charge is 0.266 e. The number of hydrogen-bond acceptors (Lipinski definition) is 6. The van der Waals surface area contributed by atoms with Crippen molar-refractivity contribution in [2.75, 3.05) is 18.0 Å². The van der Waals surface area contributed by atoms with Crippen LogP contribution in [0.25, 0.3) is 0 Å². The van der Waals surface area contributed by atoms with Crippen LogP contribution in [0.4, 0.5) is 5.69 Å². The second-order valence-corrected chi connectivity index (χ2v) is 7.18. The molecular weight excluding hydrogens is 320 g/mol. The third-order valence-corrected chi connectivity index (χ3v) is 4.75. The minimum Gasteiger partial charge on any atom is -0.506 e. The van der Waals surface area contributed by atoms with Crippen LogP contribution in [0.1, 0.15) is 0 Å². The SMILES string of the molecule is Nc1c(O)ccc(Cl)c1S(=O)(=O)NCCS(=O)(=O)O. The van der Waals surface area contributed by atoms with E-state index in [1.165, 1.54) is 0 Å². The lowest BCUT2D eigenvalue weighted by molar-refractivity contribution is 0.475. The van der Waals surface area contributed by atoms with E-state index in [1.54, 1.807) is 0 Å². The molecule has 1 aromatic rings. The quantitative estimate of drug-likeness (QED) is 0.332. The Hall–Kier alpha value is -1.07. The van der Waals surface area contributed by atoms with Crippen molar-refractivity contribution in [3.8, 4) is 5.75 Å². The van der Waals surface area contributed by atoms with Crippen LogP contribution in [0.2, 0.25) is 5.02 Å². The number of sulfonamides is 1. The second-order valence-electron chi connectivity index (χ2n) is 3.49. The molecule has 0 fully saturated rings. The fraction of sp³-hybridized carbons (Fsp3) is 0.250. The Labute approximate surface area is 115 Å². The summed E-state index contributed by atoms with van der Waals surface area (Å²) in [7, 11) is -8.51. The average molecular weight is 331 g/mol. The molecule has 0 amide bonds. The lowest BCUT2D eigenvalue weighted by Crippen LogP contribution is -2.29. The molecule has 0 aliphatic carbocycles. The molecule has 8 nitrogen and oxygen atoms in total. The number of nitrogens with two attached hydrogens (primary N) is 1. The van der Waals surface area contributed by atoms with Crippen LogP contribution in [0, 0.1) is 0 Å². The molecule has 1 aromatic carbocycles. The number of halogens is 1. The molecule has 0 radical (unpaired) electrons. The van der Waals surface area contributed by atoms with E-state index in [0.29, 0.717) is 0 Å². The van der Waals surface area contributed by atoms with E-state index in [0.717, 1.165) is 12.1 Å². The number of anilines is 1. The highest BCUT2D eigenvalue weighted by molar-refractivity contribution is 7.90. The summed E-state index contributed by atoms with van der Waals surface area (Å²) in [5, 5.41) is 9.10. The van der Waals surface area contributed by atoms with Gasteiger partial charge in [-0.1, -0.05) is 11.6 Å². The van der Waals surface area contributed by atoms with E-state index in [9.17, 15) is 21.9 Å². The minimum absolute atomic E-state index is 0.227. The van der Waals surface area contributed by atoms with Crippen molar-refractivity contribution in [2.45, 2.75) is 4.90 Å². The summed E-state index contributed by atoms with van der Waals surface area (Å²) in [5.74, 6) is -1.28. The zero-order chi connectivity index (χ0) is 14.8. The number of rotatable bonds is 5. The molecule has 11 heteroatoms. The molecule has 5 N–H and O–H groups in total. The first-order valence-corrected chi connectivity index (χ1v) is 8.23. The van der Waals surface area contributed by atoms with Gasteiger partial charge < -0.3 is 10.8 Å². The lowest BCUT2D eigenvalue weighted by atomic mass is 10.3. The summed E-state index contributed by atoms with van der Waals surface area (Å²) in [6.45, 7) is -0.563. The van der Waals surface area contributed by atoms with Crippen molar-refractivity contribution in [3.05, 3.63) is 17.2 Å². The Morgan fingerprint density at radius 1 is 1.26 bits per heavy atom. The van der Waals surface area contributed by atoms with Crippen molar-refractivity contribution in [2.24, 2.45) is 0 Å². The monoisotopic (exact) mass is 330 g/mol. The Balaban J connectivity index is 3.05. The summed E-state index contributed by atoms with van der Waals surface area (Å²) in [6, 6.07) is 2.25. The molecule has 0 saturated carbocycles. The third kappa shape index (κ3) is 4.21. The molecule has 0 aliphatic heterocycles. The minimum atomic E-state index is -4.30. The molecule has 0 spiro atoms. The van der Waals surface area contributed by atoms with Gasteiger partial charge in [0.15, 0.2) is 0 Å². The standard InChI is InChI=1S/C8H11ClN2O6S2/c9-5-1-2-6(12)7(10)8(5)19(16,17)11-3-4-18(13,14)15/h1-2,11-12H,3-4,10H2,(H,13,14,15). The first-order valence-electron chi connectivity index (χ1n) is 4.76. The lowest BCUT2D eigenvalue weighted by Gasteiger charge is -2.11. The van der Waals surface area contributed by atoms with E-state index in [2.05, 4.69) is 0 Å². The van der Waals surface area contributed by atoms with E-state index in [1.807, 2.05) is 4.72 Å². The molecule has 19 heavy (non-hydrogen) atoms. The van der Waals surface area contributed by atoms with Crippen molar-refractivity contribution < 1.29 is 26.5 Å². The molecule has 1 rings (SSSR count). The van der Waals surface area contributed by atoms with E-state index < -0.39 is 48.8 Å². The highest BCUT2D eigenvalue weighted by Gasteiger charge is 2.23. The second kappa shape index (κ2) is 5.51. The molecule has 0 atom stereocenters. The summed E-state index contributed by atoms with van der Waals surface area (Å²) in [5.41, 5.74) is 4.95. The van der Waals surface area contributed by atoms with Gasteiger partial charge in [0.2, 0.25) is 10.0 Å². The normalized spacial score (nSPS) is 12.5. The zero-order valence-corrected chi connectivity index (χ0v) is 11.8. The largest absolute Gasteiger partial charge is 0.506 e. The van der Waals surface area contributed by atoms with Crippen LogP contribution in [0.5, 0.6) is 5.75 Å². The molecule has 0 aliphatic rings. The van der Waals surface area contributed by atoms with Gasteiger partial charge in [0.25, 0.3) is 10.1 Å².